The second-order valence-electron chi connectivity index (χ2n) is 6.49. The maximum absolute atomic E-state index is 12.2. The van der Waals surface area contributed by atoms with Crippen LogP contribution in [0.25, 0.3) is 21.5 Å². The van der Waals surface area contributed by atoms with Crippen LogP contribution in [0.5, 0.6) is 11.5 Å². The number of nitrogens with zero attached hydrogens (tertiary/aromatic N) is 4. The average Bonchev–Trinajstić information content (AvgIpc) is 3.44. The van der Waals surface area contributed by atoms with E-state index in [4.69, 9.17) is 14.0 Å². The minimum absolute atomic E-state index is 0.148. The first-order chi connectivity index (χ1) is 14.6. The summed E-state index contributed by atoms with van der Waals surface area (Å²) in [6, 6.07) is 7.33. The van der Waals surface area contributed by atoms with E-state index in [9.17, 15) is 4.79 Å². The number of anilines is 1. The highest BCUT2D eigenvalue weighted by Crippen LogP contribution is 2.39. The molecule has 1 amide bonds. The number of fused-ring (bicyclic) bond motifs is 2. The van der Waals surface area contributed by atoms with Gasteiger partial charge in [0.05, 0.1) is 15.5 Å². The summed E-state index contributed by atoms with van der Waals surface area (Å²) in [5.41, 5.74) is 2.33. The van der Waals surface area contributed by atoms with Crippen LogP contribution in [0.15, 0.2) is 33.8 Å². The molecule has 0 saturated carbocycles. The molecular weight excluding hydrogens is 426 g/mol. The van der Waals surface area contributed by atoms with Crippen molar-refractivity contribution in [2.24, 2.45) is 0 Å². The number of ether oxygens (including phenoxy) is 2. The van der Waals surface area contributed by atoms with Crippen LogP contribution in [-0.4, -0.2) is 38.8 Å². The van der Waals surface area contributed by atoms with Gasteiger partial charge in [-0.15, -0.1) is 21.5 Å². The minimum atomic E-state index is -0.213. The third-order valence-electron chi connectivity index (χ3n) is 4.27. The Bertz CT molecular complexity index is 1270. The summed E-state index contributed by atoms with van der Waals surface area (Å²) in [5, 5.41) is 16.7. The Balaban J connectivity index is 1.40. The first-order valence-electron chi connectivity index (χ1n) is 8.96. The van der Waals surface area contributed by atoms with Crippen LogP contribution >= 0.6 is 23.1 Å². The Morgan fingerprint density at radius 3 is 2.90 bits per heavy atom. The summed E-state index contributed by atoms with van der Waals surface area (Å²) in [7, 11) is 0. The van der Waals surface area contributed by atoms with E-state index < -0.39 is 0 Å². The van der Waals surface area contributed by atoms with Crippen molar-refractivity contribution in [3.8, 4) is 22.8 Å². The molecule has 30 heavy (non-hydrogen) atoms. The molecule has 4 heterocycles. The number of aryl methyl sites for hydroxylation is 2. The van der Waals surface area contributed by atoms with Crippen molar-refractivity contribution in [1.29, 1.82) is 0 Å². The second-order valence-corrected chi connectivity index (χ2v) is 8.66. The van der Waals surface area contributed by atoms with Crippen molar-refractivity contribution in [2.75, 3.05) is 17.9 Å². The first kappa shape index (κ1) is 18.8. The van der Waals surface area contributed by atoms with Gasteiger partial charge in [-0.05, 0) is 32.0 Å². The number of carbonyl (C=O) groups excluding carboxylic acids is 1. The number of thiazole rings is 1. The van der Waals surface area contributed by atoms with Crippen LogP contribution < -0.4 is 14.8 Å². The zero-order valence-corrected chi connectivity index (χ0v) is 17.6. The number of rotatable bonds is 5. The molecule has 9 nitrogen and oxygen atoms in total. The first-order valence-corrected chi connectivity index (χ1v) is 10.8. The number of carbonyl (C=O) groups is 1. The van der Waals surface area contributed by atoms with Crippen LogP contribution in [0.3, 0.4) is 0 Å². The molecule has 1 aromatic carbocycles. The van der Waals surface area contributed by atoms with Gasteiger partial charge >= 0.3 is 0 Å². The van der Waals surface area contributed by atoms with Crippen LogP contribution in [-0.2, 0) is 4.79 Å². The summed E-state index contributed by atoms with van der Waals surface area (Å²) in [6.45, 7) is 3.91. The highest BCUT2D eigenvalue weighted by molar-refractivity contribution is 8.00. The molecular formula is C19H15N5O4S2. The smallest absolute Gasteiger partial charge is 0.236 e. The molecule has 11 heteroatoms. The van der Waals surface area contributed by atoms with Crippen molar-refractivity contribution in [2.45, 2.75) is 18.9 Å². The van der Waals surface area contributed by atoms with Crippen molar-refractivity contribution in [1.82, 2.24) is 20.3 Å². The topological polar surface area (TPSA) is 112 Å². The summed E-state index contributed by atoms with van der Waals surface area (Å²) >= 11 is 2.82. The summed E-state index contributed by atoms with van der Waals surface area (Å²) in [6.07, 6.45) is 0. The molecule has 1 aliphatic heterocycles. The van der Waals surface area contributed by atoms with Gasteiger partial charge in [0.1, 0.15) is 22.0 Å². The largest absolute Gasteiger partial charge is 0.454 e. The Labute approximate surface area is 178 Å². The van der Waals surface area contributed by atoms with Crippen LogP contribution in [0.2, 0.25) is 0 Å². The maximum Gasteiger partial charge on any atom is 0.236 e. The predicted molar refractivity (Wildman–Crippen MR) is 112 cm³/mol. The second kappa shape index (κ2) is 7.58. The predicted octanol–water partition coefficient (Wildman–Crippen LogP) is 3.82. The standard InChI is InChI=1S/C19H15N5O4S2/c1-9-5-14(24-28-9)21-15(25)7-29-19-17-18(30-10(2)20-17)16(22-23-19)11-3-4-12-13(6-11)27-8-26-12/h3-6H,7-8H2,1-2H3,(H,21,24,25). The molecule has 0 spiro atoms. The average molecular weight is 441 g/mol. The van der Waals surface area contributed by atoms with Gasteiger partial charge in [-0.1, -0.05) is 16.9 Å². The van der Waals surface area contributed by atoms with E-state index in [-0.39, 0.29) is 18.5 Å². The van der Waals surface area contributed by atoms with Gasteiger partial charge in [0, 0.05) is 11.6 Å². The van der Waals surface area contributed by atoms with E-state index in [0.29, 0.717) is 28.1 Å². The molecule has 152 valence electrons. The molecule has 0 radical (unpaired) electrons. The maximum atomic E-state index is 12.2. The molecule has 4 aromatic rings. The van der Waals surface area contributed by atoms with Crippen LogP contribution in [0, 0.1) is 13.8 Å². The number of hydrogen-bond acceptors (Lipinski definition) is 10. The van der Waals surface area contributed by atoms with Crippen molar-refractivity contribution in [3.05, 3.63) is 35.0 Å². The van der Waals surface area contributed by atoms with Crippen LogP contribution in [0.1, 0.15) is 10.8 Å². The third-order valence-corrected chi connectivity index (χ3v) is 6.21. The van der Waals surface area contributed by atoms with Gasteiger partial charge in [-0.3, -0.25) is 4.79 Å². The Kier molecular flexibility index (Phi) is 4.75. The van der Waals surface area contributed by atoms with Crippen molar-refractivity contribution < 1.29 is 18.8 Å². The molecule has 0 fully saturated rings. The molecule has 3 aromatic heterocycles. The quantitative estimate of drug-likeness (QED) is 0.462. The van der Waals surface area contributed by atoms with E-state index in [1.807, 2.05) is 25.1 Å². The fourth-order valence-electron chi connectivity index (χ4n) is 2.99. The monoisotopic (exact) mass is 441 g/mol. The fraction of sp³-hybridized carbons (Fsp3) is 0.211. The van der Waals surface area contributed by atoms with Gasteiger partial charge in [0.25, 0.3) is 0 Å². The highest BCUT2D eigenvalue weighted by atomic mass is 32.2. The van der Waals surface area contributed by atoms with E-state index >= 15 is 0 Å². The molecule has 5 rings (SSSR count). The van der Waals surface area contributed by atoms with E-state index in [1.54, 1.807) is 13.0 Å². The highest BCUT2D eigenvalue weighted by Gasteiger charge is 2.20. The zero-order chi connectivity index (χ0) is 20.7. The summed E-state index contributed by atoms with van der Waals surface area (Å²) < 4.78 is 16.7. The zero-order valence-electron chi connectivity index (χ0n) is 16.0. The van der Waals surface area contributed by atoms with Gasteiger partial charge in [0.2, 0.25) is 12.7 Å². The number of benzene rings is 1. The van der Waals surface area contributed by atoms with E-state index in [2.05, 4.69) is 25.7 Å². The fourth-order valence-corrected chi connectivity index (χ4v) is 4.70. The molecule has 0 unspecified atom stereocenters. The Morgan fingerprint density at radius 2 is 2.07 bits per heavy atom. The lowest BCUT2D eigenvalue weighted by Crippen LogP contribution is -2.14. The molecule has 0 saturated heterocycles. The number of nitrogens with one attached hydrogen (secondary N) is 1. The Hall–Kier alpha value is -3.18. The number of aromatic nitrogens is 4. The van der Waals surface area contributed by atoms with Gasteiger partial charge < -0.3 is 19.3 Å². The van der Waals surface area contributed by atoms with Gasteiger partial charge in [0.15, 0.2) is 17.3 Å². The van der Waals surface area contributed by atoms with E-state index in [1.165, 1.54) is 23.1 Å². The molecule has 0 aliphatic carbocycles. The van der Waals surface area contributed by atoms with Crippen molar-refractivity contribution >= 4 is 45.0 Å². The lowest BCUT2D eigenvalue weighted by atomic mass is 10.1. The van der Waals surface area contributed by atoms with E-state index in [0.717, 1.165) is 26.5 Å². The number of hydrogen-bond donors (Lipinski definition) is 1. The molecule has 1 aliphatic rings. The van der Waals surface area contributed by atoms with Crippen molar-refractivity contribution in [3.63, 3.8) is 0 Å². The summed E-state index contributed by atoms with van der Waals surface area (Å²) in [5.74, 6) is 2.34. The molecule has 0 bridgehead atoms. The normalized spacial score (nSPS) is 12.5. The lowest BCUT2D eigenvalue weighted by molar-refractivity contribution is -0.113. The summed E-state index contributed by atoms with van der Waals surface area (Å²) in [4.78, 5) is 16.8. The van der Waals surface area contributed by atoms with Gasteiger partial charge in [-0.2, -0.15) is 0 Å². The molecule has 0 atom stereocenters. The number of amides is 1. The SMILES string of the molecule is Cc1cc(NC(=O)CSc2nnc(-c3ccc4c(c3)OCO4)c3sc(C)nc23)no1. The lowest BCUT2D eigenvalue weighted by Gasteiger charge is -2.06. The molecule has 1 N–H and O–H groups in total. The third kappa shape index (κ3) is 3.57. The minimum Gasteiger partial charge on any atom is -0.454 e. The number of thioether (sulfide) groups is 1. The van der Waals surface area contributed by atoms with Gasteiger partial charge in [-0.25, -0.2) is 4.98 Å². The van der Waals surface area contributed by atoms with Crippen LogP contribution in [0.4, 0.5) is 5.82 Å². The Morgan fingerprint density at radius 1 is 1.20 bits per heavy atom.